The Labute approximate surface area is 92.8 Å². The van der Waals surface area contributed by atoms with Gasteiger partial charge in [-0.15, -0.1) is 0 Å². The van der Waals surface area contributed by atoms with E-state index in [1.54, 1.807) is 0 Å². The van der Waals surface area contributed by atoms with Crippen molar-refractivity contribution in [2.45, 2.75) is 3.79 Å². The topological polar surface area (TPSA) is 38.9 Å². The third-order valence-corrected chi connectivity index (χ3v) is 1.94. The number of nitrogens with zero attached hydrogens (tertiary/aromatic N) is 2. The molecule has 0 amide bonds. The molecule has 7 heteroatoms. The zero-order valence-corrected chi connectivity index (χ0v) is 8.74. The smallest absolute Gasteiger partial charge is 0.266 e. The zero-order valence-electron chi connectivity index (χ0n) is 6.47. The average Bonchev–Trinajstić information content (AvgIpc) is 2.45. The first-order chi connectivity index (χ1) is 6.47. The normalized spacial score (nSPS) is 12.3. The van der Waals surface area contributed by atoms with Crippen molar-refractivity contribution in [2.75, 3.05) is 0 Å². The lowest BCUT2D eigenvalue weighted by Gasteiger charge is -2.02. The van der Waals surface area contributed by atoms with E-state index < -0.39 is 9.61 Å². The Morgan fingerprint density at radius 3 is 2.71 bits per heavy atom. The van der Waals surface area contributed by atoms with Gasteiger partial charge in [-0.25, -0.2) is 14.4 Å². The highest BCUT2D eigenvalue weighted by molar-refractivity contribution is 6.66. The van der Waals surface area contributed by atoms with Crippen LogP contribution in [0.2, 0.25) is 0 Å². The summed E-state index contributed by atoms with van der Waals surface area (Å²) < 4.78 is 15.9. The lowest BCUT2D eigenvalue weighted by Crippen LogP contribution is -1.99. The van der Waals surface area contributed by atoms with Gasteiger partial charge in [0, 0.05) is 6.07 Å². The fraction of sp³-hybridized carbons (Fsp3) is 0.143. The van der Waals surface area contributed by atoms with Gasteiger partial charge in [0.05, 0.1) is 6.20 Å². The monoisotopic (exact) mass is 254 g/mol. The fourth-order valence-corrected chi connectivity index (χ4v) is 1.16. The predicted octanol–water partition coefficient (Wildman–Crippen LogP) is 3.19. The molecule has 0 atom stereocenters. The Morgan fingerprint density at radius 2 is 2.07 bits per heavy atom. The number of fused-ring (bicyclic) bond motifs is 1. The van der Waals surface area contributed by atoms with Crippen LogP contribution in [0.3, 0.4) is 0 Å². The lowest BCUT2D eigenvalue weighted by atomic mass is 10.4. The van der Waals surface area contributed by atoms with Crippen LogP contribution >= 0.6 is 34.8 Å². The summed E-state index contributed by atoms with van der Waals surface area (Å²) in [4.78, 5) is 7.41. The molecule has 0 aliphatic heterocycles. The summed E-state index contributed by atoms with van der Waals surface area (Å²) >= 11 is 16.6. The van der Waals surface area contributed by atoms with Gasteiger partial charge in [0.2, 0.25) is 11.6 Å². The average molecular weight is 255 g/mol. The minimum absolute atomic E-state index is 0.129. The molecule has 0 radical (unpaired) electrons. The van der Waals surface area contributed by atoms with Gasteiger partial charge in [-0.3, -0.25) is 0 Å². The van der Waals surface area contributed by atoms with E-state index in [0.717, 1.165) is 12.3 Å². The lowest BCUT2D eigenvalue weighted by molar-refractivity contribution is 0.529. The summed E-state index contributed by atoms with van der Waals surface area (Å²) in [5, 5.41) is 0. The van der Waals surface area contributed by atoms with Crippen molar-refractivity contribution in [3.63, 3.8) is 0 Å². The number of pyridine rings is 1. The molecule has 0 unspecified atom stereocenters. The molecule has 0 bridgehead atoms. The molecule has 0 saturated heterocycles. The molecule has 3 nitrogen and oxygen atoms in total. The summed E-state index contributed by atoms with van der Waals surface area (Å²) in [6, 6.07) is 1.14. The molecule has 2 aromatic rings. The van der Waals surface area contributed by atoms with Crippen LogP contribution < -0.4 is 0 Å². The van der Waals surface area contributed by atoms with Gasteiger partial charge in [-0.05, 0) is 0 Å². The number of hydrogen-bond donors (Lipinski definition) is 0. The first-order valence-electron chi connectivity index (χ1n) is 3.46. The standard InChI is InChI=1S/C7H2Cl3FN2O/c8-7(9,10)6-13-4-1-3(11)2-12-5(4)14-6/h1-2H. The number of alkyl halides is 3. The third-order valence-electron chi connectivity index (χ3n) is 1.46. The second kappa shape index (κ2) is 3.22. The summed E-state index contributed by atoms with van der Waals surface area (Å²) in [7, 11) is 0. The van der Waals surface area contributed by atoms with E-state index in [-0.39, 0.29) is 17.1 Å². The molecule has 14 heavy (non-hydrogen) atoms. The van der Waals surface area contributed by atoms with E-state index in [2.05, 4.69) is 9.97 Å². The van der Waals surface area contributed by atoms with Crippen LogP contribution in [0.4, 0.5) is 4.39 Å². The Balaban J connectivity index is 2.63. The second-order valence-corrected chi connectivity index (χ2v) is 4.78. The Kier molecular flexibility index (Phi) is 2.29. The van der Waals surface area contributed by atoms with Gasteiger partial charge in [0.1, 0.15) is 11.3 Å². The number of halogens is 4. The molecular formula is C7H2Cl3FN2O. The zero-order chi connectivity index (χ0) is 10.3. The van der Waals surface area contributed by atoms with Gasteiger partial charge in [-0.2, -0.15) is 0 Å². The number of aromatic nitrogens is 2. The van der Waals surface area contributed by atoms with Crippen molar-refractivity contribution < 1.29 is 8.81 Å². The maximum absolute atomic E-state index is 12.7. The fourth-order valence-electron chi connectivity index (χ4n) is 0.920. The first kappa shape index (κ1) is 9.96. The maximum atomic E-state index is 12.7. The van der Waals surface area contributed by atoms with Gasteiger partial charge in [0.25, 0.3) is 3.79 Å². The highest BCUT2D eigenvalue weighted by Crippen LogP contribution is 2.38. The van der Waals surface area contributed by atoms with E-state index in [9.17, 15) is 4.39 Å². The van der Waals surface area contributed by atoms with Crippen LogP contribution in [-0.2, 0) is 3.79 Å². The molecule has 2 aromatic heterocycles. The number of hydrogen-bond acceptors (Lipinski definition) is 3. The van der Waals surface area contributed by atoms with Crippen LogP contribution in [0.1, 0.15) is 5.89 Å². The van der Waals surface area contributed by atoms with Crippen molar-refractivity contribution in [1.82, 2.24) is 9.97 Å². The van der Waals surface area contributed by atoms with Crippen molar-refractivity contribution >= 4 is 46.0 Å². The van der Waals surface area contributed by atoms with Crippen LogP contribution in [0, 0.1) is 5.82 Å². The molecular weight excluding hydrogens is 253 g/mol. The van der Waals surface area contributed by atoms with Gasteiger partial charge < -0.3 is 4.42 Å². The Hall–Kier alpha value is -0.580. The Bertz CT molecular complexity index is 479. The van der Waals surface area contributed by atoms with Gasteiger partial charge >= 0.3 is 0 Å². The molecule has 2 rings (SSSR count). The largest absolute Gasteiger partial charge is 0.418 e. The highest BCUT2D eigenvalue weighted by Gasteiger charge is 2.30. The van der Waals surface area contributed by atoms with Crippen LogP contribution in [0.5, 0.6) is 0 Å². The molecule has 0 spiro atoms. The van der Waals surface area contributed by atoms with Crippen LogP contribution in [0.15, 0.2) is 16.7 Å². The van der Waals surface area contributed by atoms with Gasteiger partial charge in [0.15, 0.2) is 0 Å². The van der Waals surface area contributed by atoms with Crippen molar-refractivity contribution in [2.24, 2.45) is 0 Å². The highest BCUT2D eigenvalue weighted by atomic mass is 35.6. The van der Waals surface area contributed by atoms with Crippen molar-refractivity contribution in [3.8, 4) is 0 Å². The number of rotatable bonds is 0. The molecule has 0 aromatic carbocycles. The molecule has 0 aliphatic rings. The van der Waals surface area contributed by atoms with Crippen molar-refractivity contribution in [1.29, 1.82) is 0 Å². The van der Waals surface area contributed by atoms with E-state index in [1.807, 2.05) is 0 Å². The molecule has 74 valence electrons. The maximum Gasteiger partial charge on any atom is 0.266 e. The summed E-state index contributed by atoms with van der Waals surface area (Å²) in [5.41, 5.74) is 0.346. The first-order valence-corrected chi connectivity index (χ1v) is 4.59. The molecule has 0 fully saturated rings. The minimum Gasteiger partial charge on any atom is -0.418 e. The minimum atomic E-state index is -1.77. The summed E-state index contributed by atoms with van der Waals surface area (Å²) in [6.07, 6.45) is 0.996. The molecule has 0 saturated carbocycles. The van der Waals surface area contributed by atoms with Crippen molar-refractivity contribution in [3.05, 3.63) is 24.0 Å². The molecule has 0 aliphatic carbocycles. The van der Waals surface area contributed by atoms with Crippen LogP contribution in [0.25, 0.3) is 11.2 Å². The molecule has 0 N–H and O–H groups in total. The van der Waals surface area contributed by atoms with E-state index in [0.29, 0.717) is 0 Å². The van der Waals surface area contributed by atoms with Gasteiger partial charge in [-0.1, -0.05) is 34.8 Å². The molecule has 2 heterocycles. The predicted molar refractivity (Wildman–Crippen MR) is 51.0 cm³/mol. The quantitative estimate of drug-likeness (QED) is 0.679. The van der Waals surface area contributed by atoms with E-state index >= 15 is 0 Å². The second-order valence-electron chi connectivity index (χ2n) is 2.49. The summed E-state index contributed by atoms with van der Waals surface area (Å²) in [6.45, 7) is 0. The van der Waals surface area contributed by atoms with Crippen LogP contribution in [-0.4, -0.2) is 9.97 Å². The van der Waals surface area contributed by atoms with E-state index in [4.69, 9.17) is 39.2 Å². The third kappa shape index (κ3) is 1.78. The number of oxazole rings is 1. The van der Waals surface area contributed by atoms with E-state index in [1.165, 1.54) is 0 Å². The summed E-state index contributed by atoms with van der Waals surface area (Å²) in [5.74, 6) is -0.655. The SMILES string of the molecule is Fc1cnc2oc(C(Cl)(Cl)Cl)nc2c1. The Morgan fingerprint density at radius 1 is 1.36 bits per heavy atom.